The predicted octanol–water partition coefficient (Wildman–Crippen LogP) is 2.82. The summed E-state index contributed by atoms with van der Waals surface area (Å²) in [5.41, 5.74) is 0. The van der Waals surface area contributed by atoms with Crippen molar-refractivity contribution < 1.29 is 0 Å². The van der Waals surface area contributed by atoms with Gasteiger partial charge in [0.15, 0.2) is 0 Å². The predicted molar refractivity (Wildman–Crippen MR) is 36.0 cm³/mol. The molecule has 0 atom stereocenters. The second-order valence-electron chi connectivity index (χ2n) is 0.368. The number of hydrogen-bond acceptors (Lipinski definition) is 0. The van der Waals surface area contributed by atoms with Gasteiger partial charge in [0.05, 0.1) is 5.34 Å². The van der Waals surface area contributed by atoms with Crippen LogP contribution in [0.2, 0.25) is 0 Å². The topological polar surface area (TPSA) is 0 Å². The normalized spacial score (nSPS) is 6.00. The third-order valence-corrected chi connectivity index (χ3v) is 0. The minimum absolute atomic E-state index is 0.194. The van der Waals surface area contributed by atoms with Gasteiger partial charge >= 0.3 is 0 Å². The van der Waals surface area contributed by atoms with Gasteiger partial charge in [-0.2, -0.15) is 0 Å². The van der Waals surface area contributed by atoms with Crippen LogP contribution in [0, 0.1) is 0 Å². The summed E-state index contributed by atoms with van der Waals surface area (Å²) >= 11 is 12.7. The van der Waals surface area contributed by atoms with E-state index in [1.165, 1.54) is 0 Å². The number of rotatable bonds is 0. The summed E-state index contributed by atoms with van der Waals surface area (Å²) in [6, 6.07) is 0. The largest absolute Gasteiger partial charge is 0.109 e. The van der Waals surface area contributed by atoms with E-state index >= 15 is 0 Å². The maximum absolute atomic E-state index is 4.76. The summed E-state index contributed by atoms with van der Waals surface area (Å²) in [5.74, 6) is 0. The Hall–Kier alpha value is 1.06. The molecule has 0 aromatic rings. The van der Waals surface area contributed by atoms with Crippen LogP contribution in [0.25, 0.3) is 0 Å². The number of alkyl halides is 3. The molecular weight excluding hydrogens is 187 g/mol. The van der Waals surface area contributed by atoms with Gasteiger partial charge < -0.3 is 0 Å². The average Bonchev–Trinajstić information content (AvgIpc) is 1.39. The van der Waals surface area contributed by atoms with Crippen molar-refractivity contribution in [2.45, 2.75) is 6.92 Å². The molecule has 0 nitrogen and oxygen atoms in total. The Bertz CT molecular complexity index is 10.8. The Morgan fingerprint density at radius 2 is 1.50 bits per heavy atom. The van der Waals surface area contributed by atoms with E-state index in [9.17, 15) is 0 Å². The van der Waals surface area contributed by atoms with Crippen molar-refractivity contribution >= 4 is 39.1 Å². The monoisotopic (exact) mass is 192 g/mol. The molecule has 0 bridgehead atoms. The minimum atomic E-state index is 0.194. The molecule has 0 fully saturated rings. The molecular formula is C3H7BrCl2. The van der Waals surface area contributed by atoms with Crippen LogP contribution in [-0.4, -0.2) is 10.7 Å². The highest BCUT2D eigenvalue weighted by molar-refractivity contribution is 9.09. The molecule has 0 spiro atoms. The van der Waals surface area contributed by atoms with E-state index in [-0.39, 0.29) is 5.34 Å². The molecule has 0 aliphatic carbocycles. The fraction of sp³-hybridized carbons (Fsp3) is 1.00. The van der Waals surface area contributed by atoms with Gasteiger partial charge in [-0.05, 0) is 0 Å². The van der Waals surface area contributed by atoms with Gasteiger partial charge in [0.1, 0.15) is 0 Å². The summed E-state index contributed by atoms with van der Waals surface area (Å²) in [6.45, 7) is 2.04. The van der Waals surface area contributed by atoms with Crippen LogP contribution < -0.4 is 0 Å². The van der Waals surface area contributed by atoms with Gasteiger partial charge in [-0.15, -0.1) is 23.2 Å². The first-order valence-electron chi connectivity index (χ1n) is 1.51. The molecule has 0 aromatic carbocycles. The van der Waals surface area contributed by atoms with Crippen LogP contribution in [0.1, 0.15) is 6.92 Å². The van der Waals surface area contributed by atoms with Crippen molar-refractivity contribution in [2.75, 3.05) is 10.7 Å². The maximum atomic E-state index is 4.76. The molecule has 6 heavy (non-hydrogen) atoms. The summed E-state index contributed by atoms with van der Waals surface area (Å²) < 4.78 is 0. The van der Waals surface area contributed by atoms with Crippen molar-refractivity contribution in [1.29, 1.82) is 0 Å². The van der Waals surface area contributed by atoms with Gasteiger partial charge in [0.25, 0.3) is 0 Å². The summed E-state index contributed by atoms with van der Waals surface area (Å²) in [4.78, 5) is 0. The molecule has 0 N–H and O–H groups in total. The quantitative estimate of drug-likeness (QED) is 0.520. The van der Waals surface area contributed by atoms with Crippen molar-refractivity contribution in [3.8, 4) is 0 Å². The highest BCUT2D eigenvalue weighted by Gasteiger charge is 1.41. The lowest BCUT2D eigenvalue weighted by atomic mass is 11.0. The van der Waals surface area contributed by atoms with Crippen LogP contribution in [0.5, 0.6) is 0 Å². The number of hydrogen-bond donors (Lipinski definition) is 0. The van der Waals surface area contributed by atoms with E-state index in [2.05, 4.69) is 15.9 Å². The molecule has 0 saturated heterocycles. The molecule has 40 valence electrons. The van der Waals surface area contributed by atoms with E-state index in [1.54, 1.807) is 0 Å². The first-order chi connectivity index (χ1) is 2.83. The minimum Gasteiger partial charge on any atom is -0.109 e. The fourth-order valence-corrected chi connectivity index (χ4v) is 0. The van der Waals surface area contributed by atoms with Crippen LogP contribution in [0.4, 0.5) is 0 Å². The Morgan fingerprint density at radius 1 is 1.50 bits per heavy atom. The van der Waals surface area contributed by atoms with Gasteiger partial charge in [0, 0.05) is 5.33 Å². The smallest absolute Gasteiger partial charge is 0.0967 e. The van der Waals surface area contributed by atoms with Crippen molar-refractivity contribution in [3.63, 3.8) is 0 Å². The highest BCUT2D eigenvalue weighted by atomic mass is 79.9. The van der Waals surface area contributed by atoms with Crippen LogP contribution in [0.15, 0.2) is 0 Å². The molecule has 0 unspecified atom stereocenters. The molecule has 0 radical (unpaired) electrons. The second-order valence-corrected chi connectivity index (χ2v) is 2.30. The van der Waals surface area contributed by atoms with E-state index in [0.717, 1.165) is 5.33 Å². The Morgan fingerprint density at radius 3 is 1.50 bits per heavy atom. The zero-order chi connectivity index (χ0) is 5.41. The van der Waals surface area contributed by atoms with E-state index in [1.807, 2.05) is 6.92 Å². The highest BCUT2D eigenvalue weighted by Crippen LogP contribution is 1.73. The van der Waals surface area contributed by atoms with Gasteiger partial charge in [-0.25, -0.2) is 0 Å². The Kier molecular flexibility index (Phi) is 28.0. The SMILES string of the molecule is CCBr.ClCCl. The fourth-order valence-electron chi connectivity index (χ4n) is 0. The summed E-state index contributed by atoms with van der Waals surface area (Å²) in [5, 5.41) is 1.26. The van der Waals surface area contributed by atoms with Crippen LogP contribution in [-0.2, 0) is 0 Å². The summed E-state index contributed by atoms with van der Waals surface area (Å²) in [7, 11) is 0. The second kappa shape index (κ2) is 16.6. The van der Waals surface area contributed by atoms with Gasteiger partial charge in [0.2, 0.25) is 0 Å². The lowest BCUT2D eigenvalue weighted by Gasteiger charge is -1.45. The summed E-state index contributed by atoms with van der Waals surface area (Å²) in [6.07, 6.45) is 0. The average molecular weight is 194 g/mol. The lowest BCUT2D eigenvalue weighted by molar-refractivity contribution is 1.56. The van der Waals surface area contributed by atoms with Gasteiger partial charge in [-0.1, -0.05) is 22.9 Å². The van der Waals surface area contributed by atoms with Crippen molar-refractivity contribution in [3.05, 3.63) is 0 Å². The zero-order valence-electron chi connectivity index (χ0n) is 3.55. The molecule has 0 amide bonds. The van der Waals surface area contributed by atoms with E-state index in [0.29, 0.717) is 0 Å². The van der Waals surface area contributed by atoms with Crippen molar-refractivity contribution in [2.24, 2.45) is 0 Å². The van der Waals surface area contributed by atoms with Crippen molar-refractivity contribution in [1.82, 2.24) is 0 Å². The Balaban J connectivity index is 0. The third kappa shape index (κ3) is 74.2. The lowest BCUT2D eigenvalue weighted by Crippen LogP contribution is -1.34. The van der Waals surface area contributed by atoms with Crippen LogP contribution in [0.3, 0.4) is 0 Å². The molecule has 0 heterocycles. The Labute approximate surface area is 56.9 Å². The standard InChI is InChI=1S/C2H5Br.CH2Cl2/c1-2-3;2-1-3/h2H2,1H3;1H2. The number of halogens is 3. The molecule has 3 heteroatoms. The maximum Gasteiger partial charge on any atom is 0.0967 e. The van der Waals surface area contributed by atoms with Gasteiger partial charge in [-0.3, -0.25) is 0 Å². The molecule has 0 aliphatic rings. The first-order valence-corrected chi connectivity index (χ1v) is 3.70. The van der Waals surface area contributed by atoms with E-state index < -0.39 is 0 Å². The molecule has 0 rings (SSSR count). The molecule has 0 saturated carbocycles. The molecule has 0 aromatic heterocycles. The first kappa shape index (κ1) is 10.1. The van der Waals surface area contributed by atoms with E-state index in [4.69, 9.17) is 23.2 Å². The third-order valence-electron chi connectivity index (χ3n) is 0. The zero-order valence-corrected chi connectivity index (χ0v) is 6.65. The van der Waals surface area contributed by atoms with Crippen LogP contribution >= 0.6 is 39.1 Å². The molecule has 0 aliphatic heterocycles.